The quantitative estimate of drug-likeness (QED) is 0.482. The minimum atomic E-state index is -0.363. The Hall–Kier alpha value is -2.80. The molecule has 0 unspecified atom stereocenters. The van der Waals surface area contributed by atoms with Crippen LogP contribution in [0.1, 0.15) is 11.1 Å². The third kappa shape index (κ3) is 5.10. The molecule has 3 amide bonds. The van der Waals surface area contributed by atoms with Crippen molar-refractivity contribution in [2.24, 2.45) is 0 Å². The second-order valence-electron chi connectivity index (χ2n) is 6.23. The first-order valence-electron chi connectivity index (χ1n) is 8.65. The maximum Gasteiger partial charge on any atom is 0.315 e. The van der Waals surface area contributed by atoms with Crippen molar-refractivity contribution in [3.05, 3.63) is 64.3 Å². The number of para-hydroxylation sites is 1. The number of urea groups is 1. The van der Waals surface area contributed by atoms with Gasteiger partial charge in [-0.3, -0.25) is 4.79 Å². The molecule has 0 saturated heterocycles. The van der Waals surface area contributed by atoms with Crippen LogP contribution in [0.25, 0.3) is 10.9 Å². The highest BCUT2D eigenvalue weighted by molar-refractivity contribution is 9.10. The molecule has 0 aliphatic heterocycles. The number of nitrogens with one attached hydrogen (secondary N) is 4. The van der Waals surface area contributed by atoms with Crippen molar-refractivity contribution in [2.75, 3.05) is 18.4 Å². The number of aryl methyl sites for hydroxylation is 1. The molecule has 6 nitrogen and oxygen atoms in total. The van der Waals surface area contributed by atoms with Gasteiger partial charge in [-0.2, -0.15) is 0 Å². The summed E-state index contributed by atoms with van der Waals surface area (Å²) in [6.45, 7) is 2.31. The van der Waals surface area contributed by atoms with Crippen LogP contribution in [-0.4, -0.2) is 30.0 Å². The number of aromatic amines is 1. The molecule has 0 aliphatic carbocycles. The largest absolute Gasteiger partial charge is 0.361 e. The summed E-state index contributed by atoms with van der Waals surface area (Å²) in [6.07, 6.45) is 2.67. The van der Waals surface area contributed by atoms with Gasteiger partial charge < -0.3 is 20.9 Å². The Morgan fingerprint density at radius 2 is 1.93 bits per heavy atom. The molecule has 1 heterocycles. The fourth-order valence-electron chi connectivity index (χ4n) is 2.83. The van der Waals surface area contributed by atoms with Crippen molar-refractivity contribution in [3.63, 3.8) is 0 Å². The van der Waals surface area contributed by atoms with Gasteiger partial charge in [0.05, 0.1) is 6.54 Å². The lowest BCUT2D eigenvalue weighted by Crippen LogP contribution is -2.40. The summed E-state index contributed by atoms with van der Waals surface area (Å²) in [5.74, 6) is -0.271. The van der Waals surface area contributed by atoms with E-state index >= 15 is 0 Å². The van der Waals surface area contributed by atoms with E-state index < -0.39 is 0 Å². The van der Waals surface area contributed by atoms with Crippen molar-refractivity contribution in [1.29, 1.82) is 0 Å². The highest BCUT2D eigenvalue weighted by Gasteiger charge is 2.08. The van der Waals surface area contributed by atoms with Crippen LogP contribution < -0.4 is 16.0 Å². The summed E-state index contributed by atoms with van der Waals surface area (Å²) in [7, 11) is 0. The Morgan fingerprint density at radius 1 is 1.11 bits per heavy atom. The van der Waals surface area contributed by atoms with Crippen molar-refractivity contribution in [1.82, 2.24) is 15.6 Å². The number of H-pyrrole nitrogens is 1. The van der Waals surface area contributed by atoms with Gasteiger partial charge >= 0.3 is 6.03 Å². The molecule has 0 atom stereocenters. The number of anilines is 1. The number of amides is 3. The minimum Gasteiger partial charge on any atom is -0.361 e. The maximum absolute atomic E-state index is 12.0. The predicted octanol–water partition coefficient (Wildman–Crippen LogP) is 3.72. The summed E-state index contributed by atoms with van der Waals surface area (Å²) in [4.78, 5) is 27.1. The monoisotopic (exact) mass is 428 g/mol. The van der Waals surface area contributed by atoms with Gasteiger partial charge in [-0.05, 0) is 48.7 Å². The third-order valence-electron chi connectivity index (χ3n) is 4.23. The molecule has 0 spiro atoms. The molecule has 27 heavy (non-hydrogen) atoms. The summed E-state index contributed by atoms with van der Waals surface area (Å²) >= 11 is 3.38. The van der Waals surface area contributed by atoms with E-state index in [4.69, 9.17) is 0 Å². The number of carbonyl (C=O) groups is 2. The number of hydrogen-bond acceptors (Lipinski definition) is 2. The van der Waals surface area contributed by atoms with Gasteiger partial charge in [-0.1, -0.05) is 34.1 Å². The number of rotatable bonds is 6. The fraction of sp³-hybridized carbons (Fsp3) is 0.200. The summed E-state index contributed by atoms with van der Waals surface area (Å²) in [5.41, 5.74) is 3.90. The lowest BCUT2D eigenvalue weighted by atomic mass is 10.1. The zero-order chi connectivity index (χ0) is 19.2. The van der Waals surface area contributed by atoms with Crippen LogP contribution in [-0.2, 0) is 11.2 Å². The van der Waals surface area contributed by atoms with E-state index in [1.165, 1.54) is 0 Å². The molecule has 140 valence electrons. The number of fused-ring (bicyclic) bond motifs is 1. The van der Waals surface area contributed by atoms with Crippen molar-refractivity contribution >= 4 is 44.5 Å². The van der Waals surface area contributed by atoms with E-state index in [1.807, 2.05) is 49.5 Å². The third-order valence-corrected chi connectivity index (χ3v) is 4.72. The first kappa shape index (κ1) is 19.0. The number of benzene rings is 2. The minimum absolute atomic E-state index is 0.0889. The Morgan fingerprint density at radius 3 is 2.74 bits per heavy atom. The van der Waals surface area contributed by atoms with E-state index in [9.17, 15) is 9.59 Å². The highest BCUT2D eigenvalue weighted by Crippen LogP contribution is 2.20. The predicted molar refractivity (Wildman–Crippen MR) is 111 cm³/mol. The van der Waals surface area contributed by atoms with E-state index in [0.717, 1.165) is 32.2 Å². The average Bonchev–Trinajstić information content (AvgIpc) is 3.06. The van der Waals surface area contributed by atoms with Gasteiger partial charge in [-0.15, -0.1) is 0 Å². The second kappa shape index (κ2) is 8.73. The molecule has 7 heteroatoms. The topological polar surface area (TPSA) is 86.0 Å². The molecule has 0 radical (unpaired) electrons. The molecular weight excluding hydrogens is 408 g/mol. The zero-order valence-corrected chi connectivity index (χ0v) is 16.5. The van der Waals surface area contributed by atoms with Crippen LogP contribution in [0.2, 0.25) is 0 Å². The van der Waals surface area contributed by atoms with Crippen LogP contribution in [0.15, 0.2) is 53.1 Å². The number of hydrogen-bond donors (Lipinski definition) is 4. The zero-order valence-electron chi connectivity index (χ0n) is 14.9. The number of halogens is 1. The lowest BCUT2D eigenvalue weighted by molar-refractivity contribution is -0.115. The van der Waals surface area contributed by atoms with Crippen molar-refractivity contribution in [3.8, 4) is 0 Å². The summed E-state index contributed by atoms with van der Waals surface area (Å²) < 4.78 is 0.950. The molecule has 0 saturated carbocycles. The molecule has 3 aromatic rings. The molecule has 0 aliphatic rings. The van der Waals surface area contributed by atoms with Crippen LogP contribution >= 0.6 is 15.9 Å². The molecule has 0 fully saturated rings. The normalized spacial score (nSPS) is 10.6. The molecule has 0 bridgehead atoms. The Balaban J connectivity index is 1.41. The highest BCUT2D eigenvalue weighted by atomic mass is 79.9. The van der Waals surface area contributed by atoms with Gasteiger partial charge in [0, 0.05) is 33.8 Å². The first-order valence-corrected chi connectivity index (χ1v) is 9.45. The lowest BCUT2D eigenvalue weighted by Gasteiger charge is -2.10. The van der Waals surface area contributed by atoms with E-state index in [2.05, 4.69) is 42.9 Å². The molecule has 1 aromatic heterocycles. The molecule has 3 rings (SSSR count). The molecule has 4 N–H and O–H groups in total. The van der Waals surface area contributed by atoms with Crippen molar-refractivity contribution in [2.45, 2.75) is 13.3 Å². The summed E-state index contributed by atoms with van der Waals surface area (Å²) in [5, 5.41) is 9.29. The first-order chi connectivity index (χ1) is 13.0. The Bertz CT molecular complexity index is 968. The fourth-order valence-corrected chi connectivity index (χ4v) is 3.31. The van der Waals surface area contributed by atoms with Gasteiger partial charge in [0.15, 0.2) is 0 Å². The van der Waals surface area contributed by atoms with Crippen LogP contribution in [0.5, 0.6) is 0 Å². The molecular formula is C20H21BrN4O2. The Kier molecular flexibility index (Phi) is 6.13. The maximum atomic E-state index is 12.0. The van der Waals surface area contributed by atoms with E-state index in [1.54, 1.807) is 0 Å². The molecule has 2 aromatic carbocycles. The Labute approximate surface area is 165 Å². The van der Waals surface area contributed by atoms with Crippen LogP contribution in [0, 0.1) is 6.92 Å². The second-order valence-corrected chi connectivity index (χ2v) is 7.14. The van der Waals surface area contributed by atoms with E-state index in [-0.39, 0.29) is 18.5 Å². The van der Waals surface area contributed by atoms with Gasteiger partial charge in [-0.25, -0.2) is 4.79 Å². The standard InChI is InChI=1S/C20H21BrN4O2/c1-13-10-15(21)6-7-17(13)25-19(26)12-24-20(27)22-9-8-14-11-23-18-5-3-2-4-16(14)18/h2-7,10-11,23H,8-9,12H2,1H3,(H,25,26)(H2,22,24,27). The average molecular weight is 429 g/mol. The van der Waals surface area contributed by atoms with Gasteiger partial charge in [0.2, 0.25) is 5.91 Å². The van der Waals surface area contributed by atoms with Crippen LogP contribution in [0.3, 0.4) is 0 Å². The van der Waals surface area contributed by atoms with Crippen molar-refractivity contribution < 1.29 is 9.59 Å². The number of aromatic nitrogens is 1. The van der Waals surface area contributed by atoms with E-state index in [0.29, 0.717) is 13.0 Å². The van der Waals surface area contributed by atoms with Crippen LogP contribution in [0.4, 0.5) is 10.5 Å². The summed E-state index contributed by atoms with van der Waals surface area (Å²) in [6, 6.07) is 13.3. The smallest absolute Gasteiger partial charge is 0.315 e. The number of carbonyl (C=O) groups excluding carboxylic acids is 2. The SMILES string of the molecule is Cc1cc(Br)ccc1NC(=O)CNC(=O)NCCc1c[nH]c2ccccc12. The van der Waals surface area contributed by atoms with Gasteiger partial charge in [0.1, 0.15) is 0 Å². The van der Waals surface area contributed by atoms with Gasteiger partial charge in [0.25, 0.3) is 0 Å².